The number of aromatic carboxylic acids is 1. The van der Waals surface area contributed by atoms with Crippen molar-refractivity contribution in [2.75, 3.05) is 5.32 Å². The zero-order valence-corrected chi connectivity index (χ0v) is 10.6. The third kappa shape index (κ3) is 2.52. The first kappa shape index (κ1) is 12.2. The number of carbonyl (C=O) groups is 1. The third-order valence-corrected chi connectivity index (χ3v) is 2.67. The molecule has 18 heavy (non-hydrogen) atoms. The average molecular weight is 307 g/mol. The molecule has 0 saturated heterocycles. The summed E-state index contributed by atoms with van der Waals surface area (Å²) in [6.07, 6.45) is 0. The topological polar surface area (TPSA) is 86.3 Å². The number of nitrogens with zero attached hydrogens (tertiary/aromatic N) is 1. The van der Waals surface area contributed by atoms with Gasteiger partial charge < -0.3 is 14.8 Å². The molecule has 90 valence electrons. The van der Waals surface area contributed by atoms with Gasteiger partial charge in [0.05, 0.1) is 11.3 Å². The molecule has 1 aromatic heterocycles. The number of benzene rings is 1. The average Bonchev–Trinajstić information content (AvgIpc) is 2.78. The second-order valence-electron chi connectivity index (χ2n) is 3.40. The molecule has 0 unspecified atom stereocenters. The maximum Gasteiger partial charge on any atom is 0.371 e. The first-order valence-electron chi connectivity index (χ1n) is 4.90. The van der Waals surface area contributed by atoms with Gasteiger partial charge in [0, 0.05) is 10.5 Å². The molecule has 1 aromatic carbocycles. The first-order valence-corrected chi connectivity index (χ1v) is 5.69. The van der Waals surface area contributed by atoms with E-state index in [1.165, 1.54) is 12.1 Å². The lowest BCUT2D eigenvalue weighted by atomic mass is 10.2. The van der Waals surface area contributed by atoms with Crippen LogP contribution in [0.25, 0.3) is 0 Å². The number of anilines is 2. The zero-order chi connectivity index (χ0) is 13.1. The van der Waals surface area contributed by atoms with Crippen LogP contribution >= 0.6 is 15.9 Å². The van der Waals surface area contributed by atoms with Gasteiger partial charge in [0.2, 0.25) is 5.76 Å². The Bertz CT molecular complexity index is 643. The van der Waals surface area contributed by atoms with Crippen molar-refractivity contribution in [2.24, 2.45) is 0 Å². The second kappa shape index (κ2) is 4.94. The van der Waals surface area contributed by atoms with Crippen LogP contribution in [0.4, 0.5) is 11.6 Å². The van der Waals surface area contributed by atoms with Gasteiger partial charge in [-0.2, -0.15) is 5.26 Å². The molecule has 0 atom stereocenters. The summed E-state index contributed by atoms with van der Waals surface area (Å²) in [5.74, 6) is -1.04. The van der Waals surface area contributed by atoms with Crippen LogP contribution in [0.1, 0.15) is 16.1 Å². The van der Waals surface area contributed by atoms with Crippen LogP contribution in [-0.2, 0) is 0 Å². The van der Waals surface area contributed by atoms with Crippen molar-refractivity contribution in [3.63, 3.8) is 0 Å². The van der Waals surface area contributed by atoms with Gasteiger partial charge in [-0.1, -0.05) is 15.9 Å². The predicted molar refractivity (Wildman–Crippen MR) is 67.8 cm³/mol. The van der Waals surface area contributed by atoms with Crippen LogP contribution in [0.15, 0.2) is 39.2 Å². The molecule has 0 aliphatic rings. The van der Waals surface area contributed by atoms with E-state index in [4.69, 9.17) is 14.8 Å². The molecule has 0 radical (unpaired) electrons. The molecule has 0 aliphatic carbocycles. The van der Waals surface area contributed by atoms with Crippen LogP contribution in [-0.4, -0.2) is 11.1 Å². The van der Waals surface area contributed by atoms with Crippen molar-refractivity contribution in [2.45, 2.75) is 0 Å². The standard InChI is InChI=1S/C12H7BrN2O3/c13-8-2-1-7(6-14)9(5-8)15-11-4-3-10(18-11)12(16)17/h1-5,15H,(H,16,17). The number of carboxylic acid groups (broad SMARTS) is 1. The summed E-state index contributed by atoms with van der Waals surface area (Å²) in [4.78, 5) is 10.7. The molecule has 0 spiro atoms. The van der Waals surface area contributed by atoms with Gasteiger partial charge in [-0.25, -0.2) is 4.79 Å². The molecule has 2 aromatic rings. The number of furan rings is 1. The molecule has 0 amide bonds. The minimum atomic E-state index is -1.14. The van der Waals surface area contributed by atoms with Gasteiger partial charge in [-0.15, -0.1) is 0 Å². The summed E-state index contributed by atoms with van der Waals surface area (Å²) in [6.45, 7) is 0. The van der Waals surface area contributed by atoms with E-state index < -0.39 is 5.97 Å². The van der Waals surface area contributed by atoms with Crippen LogP contribution in [0.2, 0.25) is 0 Å². The first-order chi connectivity index (χ1) is 8.60. The van der Waals surface area contributed by atoms with Crippen LogP contribution < -0.4 is 5.32 Å². The predicted octanol–water partition coefficient (Wildman–Crippen LogP) is 3.36. The number of nitrogens with one attached hydrogen (secondary N) is 1. The van der Waals surface area contributed by atoms with Crippen LogP contribution in [0, 0.1) is 11.3 Å². The van der Waals surface area contributed by atoms with Gasteiger partial charge in [-0.05, 0) is 24.3 Å². The number of rotatable bonds is 3. The van der Waals surface area contributed by atoms with Crippen molar-refractivity contribution in [3.05, 3.63) is 46.1 Å². The minimum Gasteiger partial charge on any atom is -0.475 e. The zero-order valence-electron chi connectivity index (χ0n) is 8.98. The molecule has 2 rings (SSSR count). The number of nitriles is 1. The third-order valence-electron chi connectivity index (χ3n) is 2.18. The molecule has 0 bridgehead atoms. The van der Waals surface area contributed by atoms with E-state index in [-0.39, 0.29) is 11.6 Å². The van der Waals surface area contributed by atoms with Gasteiger partial charge >= 0.3 is 5.97 Å². The Hall–Kier alpha value is -2.26. The highest BCUT2D eigenvalue weighted by molar-refractivity contribution is 9.10. The molecule has 5 nitrogen and oxygen atoms in total. The van der Waals surface area contributed by atoms with Gasteiger partial charge in [0.15, 0.2) is 5.88 Å². The maximum absolute atomic E-state index is 10.7. The lowest BCUT2D eigenvalue weighted by Gasteiger charge is -2.05. The Labute approximate surface area is 111 Å². The molecular weight excluding hydrogens is 300 g/mol. The summed E-state index contributed by atoms with van der Waals surface area (Å²) in [5, 5.41) is 20.5. The number of carboxylic acids is 1. The lowest BCUT2D eigenvalue weighted by molar-refractivity contribution is 0.0663. The van der Waals surface area contributed by atoms with E-state index in [1.54, 1.807) is 18.2 Å². The van der Waals surface area contributed by atoms with Crippen molar-refractivity contribution in [1.29, 1.82) is 5.26 Å². The van der Waals surface area contributed by atoms with Crippen molar-refractivity contribution in [3.8, 4) is 6.07 Å². The molecule has 2 N–H and O–H groups in total. The fraction of sp³-hybridized carbons (Fsp3) is 0. The highest BCUT2D eigenvalue weighted by atomic mass is 79.9. The SMILES string of the molecule is N#Cc1ccc(Br)cc1Nc1ccc(C(=O)O)o1. The quantitative estimate of drug-likeness (QED) is 0.908. The highest BCUT2D eigenvalue weighted by Gasteiger charge is 2.10. The number of hydrogen-bond acceptors (Lipinski definition) is 4. The van der Waals surface area contributed by atoms with E-state index in [9.17, 15) is 4.79 Å². The summed E-state index contributed by atoms with van der Waals surface area (Å²) in [6, 6.07) is 9.97. The molecule has 0 fully saturated rings. The Morgan fingerprint density at radius 1 is 1.39 bits per heavy atom. The lowest BCUT2D eigenvalue weighted by Crippen LogP contribution is -1.94. The Morgan fingerprint density at radius 3 is 2.78 bits per heavy atom. The normalized spacial score (nSPS) is 9.78. The van der Waals surface area contributed by atoms with E-state index in [0.29, 0.717) is 11.3 Å². The van der Waals surface area contributed by atoms with Gasteiger partial charge in [-0.3, -0.25) is 0 Å². The molecule has 0 saturated carbocycles. The smallest absolute Gasteiger partial charge is 0.371 e. The summed E-state index contributed by atoms with van der Waals surface area (Å²) >= 11 is 3.29. The monoisotopic (exact) mass is 306 g/mol. The van der Waals surface area contributed by atoms with E-state index >= 15 is 0 Å². The number of halogens is 1. The molecule has 0 aliphatic heterocycles. The van der Waals surface area contributed by atoms with E-state index in [1.807, 2.05) is 6.07 Å². The fourth-order valence-corrected chi connectivity index (χ4v) is 1.73. The Morgan fingerprint density at radius 2 is 2.17 bits per heavy atom. The molecule has 6 heteroatoms. The minimum absolute atomic E-state index is 0.161. The summed E-state index contributed by atoms with van der Waals surface area (Å²) in [7, 11) is 0. The van der Waals surface area contributed by atoms with E-state index in [0.717, 1.165) is 4.47 Å². The van der Waals surface area contributed by atoms with Crippen LogP contribution in [0.5, 0.6) is 0 Å². The highest BCUT2D eigenvalue weighted by Crippen LogP contribution is 2.25. The largest absolute Gasteiger partial charge is 0.475 e. The fourth-order valence-electron chi connectivity index (χ4n) is 1.37. The van der Waals surface area contributed by atoms with Gasteiger partial charge in [0.1, 0.15) is 6.07 Å². The van der Waals surface area contributed by atoms with Gasteiger partial charge in [0.25, 0.3) is 0 Å². The summed E-state index contributed by atoms with van der Waals surface area (Å²) in [5.41, 5.74) is 0.977. The number of hydrogen-bond donors (Lipinski definition) is 2. The maximum atomic E-state index is 10.7. The molecular formula is C12H7BrN2O3. The summed E-state index contributed by atoms with van der Waals surface area (Å²) < 4.78 is 5.85. The Balaban J connectivity index is 2.30. The second-order valence-corrected chi connectivity index (χ2v) is 4.31. The van der Waals surface area contributed by atoms with Crippen molar-refractivity contribution >= 4 is 33.5 Å². The van der Waals surface area contributed by atoms with Crippen LogP contribution in [0.3, 0.4) is 0 Å². The van der Waals surface area contributed by atoms with Crippen molar-refractivity contribution < 1.29 is 14.3 Å². The Kier molecular flexibility index (Phi) is 3.35. The molecule has 1 heterocycles. The van der Waals surface area contributed by atoms with Crippen molar-refractivity contribution in [1.82, 2.24) is 0 Å². The van der Waals surface area contributed by atoms with E-state index in [2.05, 4.69) is 21.2 Å².